The van der Waals surface area contributed by atoms with Crippen LogP contribution in [0.3, 0.4) is 0 Å². The van der Waals surface area contributed by atoms with Crippen LogP contribution in [0.2, 0.25) is 0 Å². The van der Waals surface area contributed by atoms with E-state index < -0.39 is 10.0 Å². The van der Waals surface area contributed by atoms with E-state index in [-0.39, 0.29) is 5.03 Å². The molecule has 21 heavy (non-hydrogen) atoms. The number of aromatic nitrogens is 2. The van der Waals surface area contributed by atoms with Crippen LogP contribution in [0.4, 0.5) is 5.69 Å². The van der Waals surface area contributed by atoms with Crippen LogP contribution in [-0.4, -0.2) is 24.9 Å². The van der Waals surface area contributed by atoms with Crippen molar-refractivity contribution in [2.24, 2.45) is 0 Å². The summed E-state index contributed by atoms with van der Waals surface area (Å²) in [5, 5.41) is 0.115. The summed E-state index contributed by atoms with van der Waals surface area (Å²) >= 11 is 0. The van der Waals surface area contributed by atoms with Gasteiger partial charge in [0.2, 0.25) is 0 Å². The van der Waals surface area contributed by atoms with Gasteiger partial charge in [-0.05, 0) is 30.0 Å². The molecular weight excluding hydrogens is 286 g/mol. The summed E-state index contributed by atoms with van der Waals surface area (Å²) in [6, 6.07) is 7.67. The van der Waals surface area contributed by atoms with Crippen molar-refractivity contribution < 1.29 is 8.42 Å². The molecule has 0 aliphatic carbocycles. The lowest BCUT2D eigenvalue weighted by Crippen LogP contribution is -2.32. The van der Waals surface area contributed by atoms with Gasteiger partial charge >= 0.3 is 0 Å². The number of nitrogens with one attached hydrogen (secondary N) is 1. The van der Waals surface area contributed by atoms with Crippen LogP contribution in [0, 0.1) is 0 Å². The van der Waals surface area contributed by atoms with Crippen molar-refractivity contribution in [2.75, 3.05) is 10.8 Å². The molecule has 0 bridgehead atoms. The second kappa shape index (κ2) is 6.30. The Hall–Kier alpha value is -1.82. The zero-order chi connectivity index (χ0) is 15.5. The normalized spacial score (nSPS) is 11.8. The van der Waals surface area contributed by atoms with Gasteiger partial charge in [0.1, 0.15) is 0 Å². The average molecular weight is 307 g/mol. The third-order valence-electron chi connectivity index (χ3n) is 3.32. The lowest BCUT2D eigenvalue weighted by molar-refractivity contribution is 0.587. The van der Waals surface area contributed by atoms with Gasteiger partial charge in [-0.15, -0.1) is 0 Å². The first-order chi connectivity index (χ1) is 9.96. The quantitative estimate of drug-likeness (QED) is 0.891. The monoisotopic (exact) mass is 307 g/mol. The molecule has 1 N–H and O–H groups in total. The van der Waals surface area contributed by atoms with Crippen LogP contribution < -0.4 is 4.31 Å². The van der Waals surface area contributed by atoms with Crippen LogP contribution in [0.25, 0.3) is 0 Å². The highest BCUT2D eigenvalue weighted by Crippen LogP contribution is 2.25. The van der Waals surface area contributed by atoms with Crippen molar-refractivity contribution in [1.82, 2.24) is 9.97 Å². The Morgan fingerprint density at radius 2 is 1.90 bits per heavy atom. The topological polar surface area (TPSA) is 66.1 Å². The molecular formula is C15H21N3O2S. The van der Waals surface area contributed by atoms with Gasteiger partial charge in [0.25, 0.3) is 10.0 Å². The predicted octanol–water partition coefficient (Wildman–Crippen LogP) is 3.14. The van der Waals surface area contributed by atoms with Crippen molar-refractivity contribution in [2.45, 2.75) is 38.1 Å². The standard InChI is InChI=1S/C15H21N3O2S/c1-4-9-18(21(19,20)15-10-16-11-17-15)14-7-5-13(6-8-14)12(2)3/h5-8,10-12H,4,9H2,1-3H3,(H,16,17). The number of H-pyrrole nitrogens is 1. The van der Waals surface area contributed by atoms with E-state index in [1.165, 1.54) is 22.4 Å². The van der Waals surface area contributed by atoms with Crippen LogP contribution >= 0.6 is 0 Å². The summed E-state index contributed by atoms with van der Waals surface area (Å²) < 4.78 is 26.7. The van der Waals surface area contributed by atoms with Crippen LogP contribution in [-0.2, 0) is 10.0 Å². The minimum Gasteiger partial charge on any atom is -0.334 e. The van der Waals surface area contributed by atoms with Gasteiger partial charge in [-0.3, -0.25) is 4.31 Å². The van der Waals surface area contributed by atoms with Gasteiger partial charge in [-0.25, -0.2) is 4.98 Å². The SMILES string of the molecule is CCCN(c1ccc(C(C)C)cc1)S(=O)(=O)c1cnc[nH]1. The zero-order valence-electron chi connectivity index (χ0n) is 12.6. The third-order valence-corrected chi connectivity index (χ3v) is 5.07. The lowest BCUT2D eigenvalue weighted by atomic mass is 10.0. The molecule has 0 fully saturated rings. The number of benzene rings is 1. The van der Waals surface area contributed by atoms with Gasteiger partial charge in [-0.1, -0.05) is 32.9 Å². The molecule has 2 aromatic rings. The van der Waals surface area contributed by atoms with Crippen molar-refractivity contribution in [1.29, 1.82) is 0 Å². The van der Waals surface area contributed by atoms with E-state index in [2.05, 4.69) is 23.8 Å². The average Bonchev–Trinajstić information content (AvgIpc) is 2.99. The first-order valence-corrected chi connectivity index (χ1v) is 8.52. The minimum atomic E-state index is -3.59. The number of imidazole rings is 1. The summed E-state index contributed by atoms with van der Waals surface area (Å²) in [4.78, 5) is 6.48. The summed E-state index contributed by atoms with van der Waals surface area (Å²) in [5.41, 5.74) is 1.87. The Labute approximate surface area is 126 Å². The Kier molecular flexibility index (Phi) is 4.67. The Morgan fingerprint density at radius 1 is 1.24 bits per heavy atom. The van der Waals surface area contributed by atoms with Crippen LogP contribution in [0.15, 0.2) is 41.8 Å². The molecule has 0 radical (unpaired) electrons. The van der Waals surface area contributed by atoms with E-state index in [1.54, 1.807) is 0 Å². The largest absolute Gasteiger partial charge is 0.334 e. The second-order valence-electron chi connectivity index (χ2n) is 5.24. The van der Waals surface area contributed by atoms with Crippen molar-refractivity contribution in [3.8, 4) is 0 Å². The molecule has 6 heteroatoms. The van der Waals surface area contributed by atoms with Crippen LogP contribution in [0.1, 0.15) is 38.7 Å². The van der Waals surface area contributed by atoms with Crippen LogP contribution in [0.5, 0.6) is 0 Å². The number of hydrogen-bond donors (Lipinski definition) is 1. The molecule has 2 rings (SSSR count). The van der Waals surface area contributed by atoms with Crippen molar-refractivity contribution >= 4 is 15.7 Å². The molecule has 1 aromatic heterocycles. The molecule has 0 saturated carbocycles. The lowest BCUT2D eigenvalue weighted by Gasteiger charge is -2.23. The molecule has 0 amide bonds. The number of aromatic amines is 1. The fraction of sp³-hybridized carbons (Fsp3) is 0.400. The van der Waals surface area contributed by atoms with Gasteiger partial charge < -0.3 is 4.98 Å². The molecule has 1 heterocycles. The summed E-state index contributed by atoms with van der Waals surface area (Å²) in [7, 11) is -3.59. The summed E-state index contributed by atoms with van der Waals surface area (Å²) in [5.74, 6) is 0.419. The van der Waals surface area contributed by atoms with Gasteiger partial charge in [0, 0.05) is 6.54 Å². The predicted molar refractivity (Wildman–Crippen MR) is 83.9 cm³/mol. The van der Waals surface area contributed by atoms with E-state index in [0.29, 0.717) is 18.2 Å². The van der Waals surface area contributed by atoms with Crippen molar-refractivity contribution in [3.63, 3.8) is 0 Å². The smallest absolute Gasteiger partial charge is 0.281 e. The summed E-state index contributed by atoms with van der Waals surface area (Å²) in [6.45, 7) is 6.61. The van der Waals surface area contributed by atoms with E-state index in [1.807, 2.05) is 31.2 Å². The number of sulfonamides is 1. The first-order valence-electron chi connectivity index (χ1n) is 7.08. The zero-order valence-corrected chi connectivity index (χ0v) is 13.4. The maximum atomic E-state index is 12.7. The molecule has 0 aliphatic heterocycles. The van der Waals surface area contributed by atoms with E-state index in [0.717, 1.165) is 6.42 Å². The number of rotatable bonds is 6. The molecule has 5 nitrogen and oxygen atoms in total. The molecule has 0 aliphatic rings. The van der Waals surface area contributed by atoms with Gasteiger partial charge in [0.05, 0.1) is 18.2 Å². The minimum absolute atomic E-state index is 0.115. The van der Waals surface area contributed by atoms with Crippen molar-refractivity contribution in [3.05, 3.63) is 42.4 Å². The maximum absolute atomic E-state index is 12.7. The highest BCUT2D eigenvalue weighted by molar-refractivity contribution is 7.92. The molecule has 1 aromatic carbocycles. The van der Waals surface area contributed by atoms with E-state index in [4.69, 9.17) is 0 Å². The van der Waals surface area contributed by atoms with E-state index in [9.17, 15) is 8.42 Å². The summed E-state index contributed by atoms with van der Waals surface area (Å²) in [6.07, 6.45) is 3.44. The number of hydrogen-bond acceptors (Lipinski definition) is 3. The fourth-order valence-corrected chi connectivity index (χ4v) is 3.57. The fourth-order valence-electron chi connectivity index (χ4n) is 2.12. The molecule has 0 unspecified atom stereocenters. The molecule has 0 atom stereocenters. The number of anilines is 1. The highest BCUT2D eigenvalue weighted by Gasteiger charge is 2.25. The molecule has 0 spiro atoms. The van der Waals surface area contributed by atoms with Gasteiger partial charge in [-0.2, -0.15) is 8.42 Å². The first kappa shape index (κ1) is 15.6. The molecule has 114 valence electrons. The second-order valence-corrected chi connectivity index (χ2v) is 7.07. The van der Waals surface area contributed by atoms with E-state index >= 15 is 0 Å². The van der Waals surface area contributed by atoms with Gasteiger partial charge in [0.15, 0.2) is 5.03 Å². The Morgan fingerprint density at radius 3 is 2.38 bits per heavy atom. The Bertz CT molecular complexity index is 661. The molecule has 0 saturated heterocycles. The Balaban J connectivity index is 2.39. The third kappa shape index (κ3) is 3.26. The maximum Gasteiger partial charge on any atom is 0.281 e. The number of nitrogens with zero attached hydrogens (tertiary/aromatic N) is 2. The highest BCUT2D eigenvalue weighted by atomic mass is 32.2.